The average molecular weight is 309 g/mol. The molecule has 21 heavy (non-hydrogen) atoms. The van der Waals surface area contributed by atoms with E-state index in [4.69, 9.17) is 16.4 Å². The van der Waals surface area contributed by atoms with E-state index in [0.29, 0.717) is 23.8 Å². The molecule has 2 rings (SSSR count). The van der Waals surface area contributed by atoms with E-state index in [2.05, 4.69) is 19.0 Å². The molecule has 1 aromatic carbocycles. The minimum atomic E-state index is -0.169. The van der Waals surface area contributed by atoms with E-state index in [0.717, 1.165) is 17.8 Å². The first-order valence-corrected chi connectivity index (χ1v) is 7.56. The fourth-order valence-electron chi connectivity index (χ4n) is 2.35. The van der Waals surface area contributed by atoms with Crippen LogP contribution in [-0.2, 0) is 9.63 Å². The summed E-state index contributed by atoms with van der Waals surface area (Å²) in [6.45, 7) is 4.95. The van der Waals surface area contributed by atoms with Crippen LogP contribution in [0.5, 0.6) is 0 Å². The molecule has 114 valence electrons. The van der Waals surface area contributed by atoms with Crippen molar-refractivity contribution in [1.82, 2.24) is 4.90 Å². The number of amides is 1. The van der Waals surface area contributed by atoms with Gasteiger partial charge in [0.15, 0.2) is 0 Å². The van der Waals surface area contributed by atoms with Gasteiger partial charge in [0.05, 0.1) is 12.1 Å². The van der Waals surface area contributed by atoms with Gasteiger partial charge < -0.3 is 9.74 Å². The molecule has 0 radical (unpaired) electrons. The van der Waals surface area contributed by atoms with E-state index in [9.17, 15) is 4.79 Å². The SMILES string of the molecule is CC(C)CN(C)C(=O)CC1CC(c2ccc(Cl)cc2)=NO1. The van der Waals surface area contributed by atoms with Crippen LogP contribution in [0, 0.1) is 5.92 Å². The van der Waals surface area contributed by atoms with E-state index in [1.165, 1.54) is 0 Å². The van der Waals surface area contributed by atoms with Crippen LogP contribution in [0.1, 0.15) is 32.3 Å². The van der Waals surface area contributed by atoms with Crippen LogP contribution < -0.4 is 0 Å². The van der Waals surface area contributed by atoms with Gasteiger partial charge >= 0.3 is 0 Å². The normalized spacial score (nSPS) is 17.6. The number of rotatable bonds is 5. The Morgan fingerprint density at radius 1 is 1.43 bits per heavy atom. The molecule has 0 spiro atoms. The Morgan fingerprint density at radius 3 is 2.71 bits per heavy atom. The molecule has 1 unspecified atom stereocenters. The summed E-state index contributed by atoms with van der Waals surface area (Å²) < 4.78 is 0. The van der Waals surface area contributed by atoms with Crippen molar-refractivity contribution >= 4 is 23.2 Å². The Bertz CT molecular complexity index is 526. The van der Waals surface area contributed by atoms with Crippen LogP contribution in [0.3, 0.4) is 0 Å². The molecule has 5 heteroatoms. The molecule has 1 aromatic rings. The van der Waals surface area contributed by atoms with Gasteiger partial charge in [-0.1, -0.05) is 42.7 Å². The molecular formula is C16H21ClN2O2. The van der Waals surface area contributed by atoms with Crippen molar-refractivity contribution < 1.29 is 9.63 Å². The summed E-state index contributed by atoms with van der Waals surface area (Å²) >= 11 is 5.87. The minimum absolute atomic E-state index is 0.0984. The van der Waals surface area contributed by atoms with Crippen LogP contribution in [-0.4, -0.2) is 36.2 Å². The van der Waals surface area contributed by atoms with E-state index in [1.54, 1.807) is 4.90 Å². The van der Waals surface area contributed by atoms with Gasteiger partial charge in [0.1, 0.15) is 6.10 Å². The number of nitrogens with zero attached hydrogens (tertiary/aromatic N) is 2. The highest BCUT2D eigenvalue weighted by Gasteiger charge is 2.26. The van der Waals surface area contributed by atoms with Crippen molar-refractivity contribution in [3.63, 3.8) is 0 Å². The largest absolute Gasteiger partial charge is 0.391 e. The number of oxime groups is 1. The van der Waals surface area contributed by atoms with Gasteiger partial charge in [-0.2, -0.15) is 0 Å². The molecule has 1 aliphatic rings. The molecule has 1 aliphatic heterocycles. The third kappa shape index (κ3) is 4.46. The average Bonchev–Trinajstić information content (AvgIpc) is 2.87. The van der Waals surface area contributed by atoms with E-state index in [-0.39, 0.29) is 12.0 Å². The second-order valence-electron chi connectivity index (χ2n) is 5.85. The molecule has 1 amide bonds. The van der Waals surface area contributed by atoms with Crippen molar-refractivity contribution in [1.29, 1.82) is 0 Å². The predicted octanol–water partition coefficient (Wildman–Crippen LogP) is 3.34. The highest BCUT2D eigenvalue weighted by atomic mass is 35.5. The summed E-state index contributed by atoms with van der Waals surface area (Å²) in [5.41, 5.74) is 1.86. The monoisotopic (exact) mass is 308 g/mol. The van der Waals surface area contributed by atoms with Crippen molar-refractivity contribution in [2.45, 2.75) is 32.8 Å². The van der Waals surface area contributed by atoms with Gasteiger partial charge in [-0.3, -0.25) is 4.79 Å². The third-order valence-electron chi connectivity index (χ3n) is 3.38. The maximum Gasteiger partial charge on any atom is 0.226 e. The molecule has 0 aliphatic carbocycles. The number of carbonyl (C=O) groups is 1. The van der Waals surface area contributed by atoms with Crippen LogP contribution in [0.25, 0.3) is 0 Å². The molecule has 1 heterocycles. The first-order chi connectivity index (χ1) is 9.95. The van der Waals surface area contributed by atoms with Gasteiger partial charge in [0.25, 0.3) is 0 Å². The van der Waals surface area contributed by atoms with Crippen LogP contribution in [0.2, 0.25) is 5.02 Å². The number of benzene rings is 1. The number of hydrogen-bond donors (Lipinski definition) is 0. The van der Waals surface area contributed by atoms with Crippen LogP contribution >= 0.6 is 11.6 Å². The van der Waals surface area contributed by atoms with Gasteiger partial charge in [-0.25, -0.2) is 0 Å². The quantitative estimate of drug-likeness (QED) is 0.837. The topological polar surface area (TPSA) is 41.9 Å². The van der Waals surface area contributed by atoms with Gasteiger partial charge in [-0.15, -0.1) is 0 Å². The molecule has 0 N–H and O–H groups in total. The van der Waals surface area contributed by atoms with E-state index in [1.807, 2.05) is 31.3 Å². The number of hydrogen-bond acceptors (Lipinski definition) is 3. The first-order valence-electron chi connectivity index (χ1n) is 7.18. The fourth-order valence-corrected chi connectivity index (χ4v) is 2.48. The standard InChI is InChI=1S/C16H21ClN2O2/c1-11(2)10-19(3)16(20)9-14-8-15(18-21-14)12-4-6-13(17)7-5-12/h4-7,11,14H,8-10H2,1-3H3. The van der Waals surface area contributed by atoms with E-state index >= 15 is 0 Å². The molecule has 4 nitrogen and oxygen atoms in total. The molecule has 0 saturated heterocycles. The Morgan fingerprint density at radius 2 is 2.10 bits per heavy atom. The molecule has 0 aromatic heterocycles. The predicted molar refractivity (Wildman–Crippen MR) is 84.6 cm³/mol. The van der Waals surface area contributed by atoms with Crippen molar-refractivity contribution in [3.8, 4) is 0 Å². The summed E-state index contributed by atoms with van der Waals surface area (Å²) in [6, 6.07) is 7.49. The fraction of sp³-hybridized carbons (Fsp3) is 0.500. The maximum atomic E-state index is 12.1. The van der Waals surface area contributed by atoms with Crippen LogP contribution in [0.15, 0.2) is 29.4 Å². The van der Waals surface area contributed by atoms with E-state index < -0.39 is 0 Å². The zero-order chi connectivity index (χ0) is 15.4. The zero-order valence-electron chi connectivity index (χ0n) is 12.7. The molecule has 0 saturated carbocycles. The van der Waals surface area contributed by atoms with Crippen molar-refractivity contribution in [2.24, 2.45) is 11.1 Å². The summed E-state index contributed by atoms with van der Waals surface area (Å²) in [6.07, 6.45) is 0.852. The highest BCUT2D eigenvalue weighted by Crippen LogP contribution is 2.21. The van der Waals surface area contributed by atoms with Crippen molar-refractivity contribution in [3.05, 3.63) is 34.9 Å². The Balaban J connectivity index is 1.87. The maximum absolute atomic E-state index is 12.1. The first kappa shape index (κ1) is 15.8. The second kappa shape index (κ2) is 6.94. The summed E-state index contributed by atoms with van der Waals surface area (Å²) in [5, 5.41) is 4.79. The lowest BCUT2D eigenvalue weighted by Crippen LogP contribution is -2.32. The summed E-state index contributed by atoms with van der Waals surface area (Å²) in [4.78, 5) is 19.2. The Kier molecular flexibility index (Phi) is 5.23. The van der Waals surface area contributed by atoms with Gasteiger partial charge in [0.2, 0.25) is 5.91 Å². The lowest BCUT2D eigenvalue weighted by Gasteiger charge is -2.20. The number of carbonyl (C=O) groups excluding carboxylic acids is 1. The third-order valence-corrected chi connectivity index (χ3v) is 3.63. The Labute approximate surface area is 130 Å². The second-order valence-corrected chi connectivity index (χ2v) is 6.29. The zero-order valence-corrected chi connectivity index (χ0v) is 13.4. The lowest BCUT2D eigenvalue weighted by atomic mass is 10.0. The lowest BCUT2D eigenvalue weighted by molar-refractivity contribution is -0.132. The number of halogens is 1. The van der Waals surface area contributed by atoms with Gasteiger partial charge in [0, 0.05) is 25.0 Å². The molecule has 1 atom stereocenters. The van der Waals surface area contributed by atoms with Crippen molar-refractivity contribution in [2.75, 3.05) is 13.6 Å². The van der Waals surface area contributed by atoms with Crippen LogP contribution in [0.4, 0.5) is 0 Å². The highest BCUT2D eigenvalue weighted by molar-refractivity contribution is 6.30. The Hall–Kier alpha value is -1.55. The summed E-state index contributed by atoms with van der Waals surface area (Å²) in [5.74, 6) is 0.561. The summed E-state index contributed by atoms with van der Waals surface area (Å²) in [7, 11) is 1.83. The smallest absolute Gasteiger partial charge is 0.226 e. The molecule has 0 bridgehead atoms. The minimum Gasteiger partial charge on any atom is -0.391 e. The van der Waals surface area contributed by atoms with Gasteiger partial charge in [-0.05, 0) is 23.6 Å². The molecule has 0 fully saturated rings. The molecular weight excluding hydrogens is 288 g/mol.